The number of nitrogens with zero attached hydrogens (tertiary/aromatic N) is 3. The highest BCUT2D eigenvalue weighted by atomic mass is 16.5. The van der Waals surface area contributed by atoms with Gasteiger partial charge in [0, 0.05) is 40.4 Å². The summed E-state index contributed by atoms with van der Waals surface area (Å²) in [6, 6.07) is 11.5. The van der Waals surface area contributed by atoms with E-state index < -0.39 is 71.7 Å². The molecule has 3 aliphatic heterocycles. The van der Waals surface area contributed by atoms with Crippen molar-refractivity contribution in [3.63, 3.8) is 0 Å². The van der Waals surface area contributed by atoms with E-state index in [-0.39, 0.29) is 30.8 Å². The van der Waals surface area contributed by atoms with Crippen LogP contribution in [0.3, 0.4) is 0 Å². The monoisotopic (exact) mass is 756 g/mol. The summed E-state index contributed by atoms with van der Waals surface area (Å²) in [5.74, 6) is -2.69. The van der Waals surface area contributed by atoms with E-state index in [0.717, 1.165) is 0 Å². The minimum absolute atomic E-state index is 0.0330. The van der Waals surface area contributed by atoms with Crippen LogP contribution in [0.15, 0.2) is 66.7 Å². The van der Waals surface area contributed by atoms with Crippen LogP contribution >= 0.6 is 0 Å². The second-order valence-corrected chi connectivity index (χ2v) is 14.1. The number of rotatable bonds is 3. The molecule has 3 aliphatic rings. The molecule has 1 fully saturated rings. The Morgan fingerprint density at radius 2 is 1.20 bits per heavy atom. The summed E-state index contributed by atoms with van der Waals surface area (Å²) < 4.78 is 11.2. The van der Waals surface area contributed by atoms with Crippen LogP contribution in [0.1, 0.15) is 37.5 Å². The van der Waals surface area contributed by atoms with Gasteiger partial charge in [0.05, 0.1) is 7.11 Å². The smallest absolute Gasteiger partial charge is 0.246 e. The summed E-state index contributed by atoms with van der Waals surface area (Å²) in [6.45, 7) is 4.41. The van der Waals surface area contributed by atoms with Gasteiger partial charge < -0.3 is 45.2 Å². The number of benzene rings is 3. The van der Waals surface area contributed by atoms with Gasteiger partial charge in [-0.15, -0.1) is 0 Å². The lowest BCUT2D eigenvalue weighted by Crippen LogP contribution is -2.61. The van der Waals surface area contributed by atoms with Crippen LogP contribution in [0, 0.1) is 0 Å². The van der Waals surface area contributed by atoms with E-state index in [4.69, 9.17) is 9.47 Å². The predicted molar refractivity (Wildman–Crippen MR) is 201 cm³/mol. The number of carbonyl (C=O) groups is 6. The molecule has 6 bridgehead atoms. The zero-order chi connectivity index (χ0) is 40.1. The molecule has 15 nitrogen and oxygen atoms in total. The number of ether oxygens (including phenoxy) is 2. The first-order valence-corrected chi connectivity index (χ1v) is 18.0. The van der Waals surface area contributed by atoms with Crippen molar-refractivity contribution in [1.29, 1.82) is 0 Å². The minimum atomic E-state index is -1.20. The van der Waals surface area contributed by atoms with E-state index in [1.165, 1.54) is 69.8 Å². The van der Waals surface area contributed by atoms with Crippen molar-refractivity contribution in [1.82, 2.24) is 30.7 Å². The van der Waals surface area contributed by atoms with Crippen molar-refractivity contribution in [2.45, 2.75) is 76.3 Å². The summed E-state index contributed by atoms with van der Waals surface area (Å²) >= 11 is 0. The number of carbonyl (C=O) groups excluding carboxylic acids is 6. The molecule has 15 heteroatoms. The highest BCUT2D eigenvalue weighted by molar-refractivity contribution is 5.98. The van der Waals surface area contributed by atoms with Gasteiger partial charge in [-0.2, -0.15) is 0 Å². The van der Waals surface area contributed by atoms with E-state index in [1.807, 2.05) is 0 Å². The number of hydrogen-bond acceptors (Lipinski definition) is 9. The van der Waals surface area contributed by atoms with Gasteiger partial charge in [-0.3, -0.25) is 28.8 Å². The van der Waals surface area contributed by atoms with Gasteiger partial charge in [0.2, 0.25) is 35.4 Å². The number of methoxy groups -OCH3 is 1. The average Bonchev–Trinajstić information content (AvgIpc) is 3.17. The lowest BCUT2D eigenvalue weighted by molar-refractivity contribution is -0.149. The Bertz CT molecular complexity index is 1940. The second-order valence-electron chi connectivity index (χ2n) is 14.1. The largest absolute Gasteiger partial charge is 0.504 e. The molecule has 1 saturated heterocycles. The molecule has 0 radical (unpaired) electrons. The zero-order valence-corrected chi connectivity index (χ0v) is 32.0. The first-order chi connectivity index (χ1) is 26.1. The molecule has 6 rings (SSSR count). The van der Waals surface area contributed by atoms with Gasteiger partial charge in [0.1, 0.15) is 47.8 Å². The van der Waals surface area contributed by atoms with E-state index in [9.17, 15) is 33.9 Å². The van der Waals surface area contributed by atoms with Gasteiger partial charge >= 0.3 is 0 Å². The predicted octanol–water partition coefficient (Wildman–Crippen LogP) is 1.54. The number of amides is 6. The number of nitrogens with one attached hydrogen (secondary N) is 3. The third-order valence-electron chi connectivity index (χ3n) is 10.2. The number of hydrogen-bond donors (Lipinski definition) is 4. The molecular formula is C40H48N6O9. The van der Waals surface area contributed by atoms with Gasteiger partial charge in [0.25, 0.3) is 0 Å². The SMILES string of the molecule is COc1ccc(C[C@H]2C(=O)N[C@@H](C)C(=O)N(C)[C@H]3Cc4ccc(cc4)Oc4cc(ccc4O)C[C@@H](C(=O)N[C@@H](C)C(=O)N[C@@H](C)C(=O)N2C)N(C)C3=O)cc1. The zero-order valence-electron chi connectivity index (χ0n) is 32.0. The Morgan fingerprint density at radius 3 is 1.84 bits per heavy atom. The maximum Gasteiger partial charge on any atom is 0.246 e. The van der Waals surface area contributed by atoms with Gasteiger partial charge in [-0.25, -0.2) is 0 Å². The van der Waals surface area contributed by atoms with Crippen molar-refractivity contribution < 1.29 is 43.3 Å². The van der Waals surface area contributed by atoms with Crippen molar-refractivity contribution in [2.75, 3.05) is 28.3 Å². The highest BCUT2D eigenvalue weighted by Gasteiger charge is 2.39. The summed E-state index contributed by atoms with van der Waals surface area (Å²) in [5, 5.41) is 18.6. The molecule has 3 heterocycles. The quantitative estimate of drug-likeness (QED) is 0.308. The molecule has 3 aromatic carbocycles. The van der Waals surface area contributed by atoms with Crippen molar-refractivity contribution in [2.24, 2.45) is 0 Å². The molecule has 4 N–H and O–H groups in total. The van der Waals surface area contributed by atoms with E-state index >= 15 is 0 Å². The summed E-state index contributed by atoms with van der Waals surface area (Å²) in [5.41, 5.74) is 1.90. The average molecular weight is 757 g/mol. The van der Waals surface area contributed by atoms with Gasteiger partial charge in [0.15, 0.2) is 11.5 Å². The molecule has 6 atom stereocenters. The third-order valence-corrected chi connectivity index (χ3v) is 10.2. The van der Waals surface area contributed by atoms with Gasteiger partial charge in [-0.05, 0) is 73.9 Å². The summed E-state index contributed by atoms with van der Waals surface area (Å²) in [4.78, 5) is 87.8. The van der Waals surface area contributed by atoms with Crippen molar-refractivity contribution in [3.8, 4) is 23.0 Å². The molecule has 6 amide bonds. The van der Waals surface area contributed by atoms with Crippen LogP contribution < -0.4 is 25.4 Å². The number of likely N-dealkylation sites (N-methyl/N-ethyl adjacent to an activating group) is 3. The molecule has 0 spiro atoms. The Morgan fingerprint density at radius 1 is 0.655 bits per heavy atom. The lowest BCUT2D eigenvalue weighted by Gasteiger charge is -2.36. The lowest BCUT2D eigenvalue weighted by atomic mass is 9.98. The number of phenolic OH excluding ortho intramolecular Hbond substituents is 1. The molecule has 55 heavy (non-hydrogen) atoms. The van der Waals surface area contributed by atoms with Crippen LogP contribution in [-0.4, -0.2) is 120 Å². The Hall–Kier alpha value is -6.12. The van der Waals surface area contributed by atoms with Crippen LogP contribution in [0.2, 0.25) is 0 Å². The Balaban J connectivity index is 1.57. The highest BCUT2D eigenvalue weighted by Crippen LogP contribution is 2.33. The van der Waals surface area contributed by atoms with E-state index in [0.29, 0.717) is 28.2 Å². The molecule has 0 aliphatic carbocycles. The normalized spacial score (nSPS) is 24.6. The minimum Gasteiger partial charge on any atom is -0.504 e. The van der Waals surface area contributed by atoms with Crippen LogP contribution in [0.5, 0.6) is 23.0 Å². The van der Waals surface area contributed by atoms with E-state index in [1.54, 1.807) is 60.7 Å². The summed E-state index contributed by atoms with van der Waals surface area (Å²) in [7, 11) is 5.87. The standard InChI is InChI=1S/C40H48N6O9/c1-22-35(48)42-23(2)38(51)44(4)30(18-25-8-13-28(54-7)14-9-25)37(50)43-24(3)39(52)46(6)32-19-26-10-15-29(16-11-26)55-34-21-27(12-17-33(34)47)20-31(36(49)41-22)45(5)40(32)53/h8-17,21-24,30-32,47H,18-20H2,1-7H3,(H,41,49)(H,42,48)(H,43,50)/t22-,23-,24-,30-,31-,32-/m0/s1. The fourth-order valence-corrected chi connectivity index (χ4v) is 6.67. The van der Waals surface area contributed by atoms with Crippen molar-refractivity contribution in [3.05, 3.63) is 83.4 Å². The fourth-order valence-electron chi connectivity index (χ4n) is 6.67. The van der Waals surface area contributed by atoms with Crippen LogP contribution in [-0.2, 0) is 48.0 Å². The molecule has 0 saturated carbocycles. The van der Waals surface area contributed by atoms with Crippen LogP contribution in [0.25, 0.3) is 0 Å². The van der Waals surface area contributed by atoms with Crippen LogP contribution in [0.4, 0.5) is 0 Å². The topological polar surface area (TPSA) is 187 Å². The maximum atomic E-state index is 14.6. The second kappa shape index (κ2) is 16.9. The molecule has 0 aromatic heterocycles. The fraction of sp³-hybridized carbons (Fsp3) is 0.400. The number of phenols is 1. The van der Waals surface area contributed by atoms with E-state index in [2.05, 4.69) is 16.0 Å². The number of aromatic hydroxyl groups is 1. The van der Waals surface area contributed by atoms with Gasteiger partial charge in [-0.1, -0.05) is 30.3 Å². The third kappa shape index (κ3) is 9.16. The molecular weight excluding hydrogens is 708 g/mol. The summed E-state index contributed by atoms with van der Waals surface area (Å²) in [6.07, 6.45) is 0.0471. The molecule has 0 unspecified atom stereocenters. The molecule has 3 aromatic rings. The first kappa shape index (κ1) is 40.1. The Kier molecular flexibility index (Phi) is 12.3. The Labute approximate surface area is 319 Å². The van der Waals surface area contributed by atoms with Crippen molar-refractivity contribution >= 4 is 35.4 Å². The number of fused-ring (bicyclic) bond motifs is 2. The molecule has 292 valence electrons. The first-order valence-electron chi connectivity index (χ1n) is 18.0. The maximum absolute atomic E-state index is 14.6.